The summed E-state index contributed by atoms with van der Waals surface area (Å²) >= 11 is 0. The van der Waals surface area contributed by atoms with Gasteiger partial charge in [0.2, 0.25) is 0 Å². The Bertz CT molecular complexity index is 1050. The minimum atomic E-state index is 0.285. The number of allylic oxidation sites excluding steroid dienone is 3. The normalized spacial score (nSPS) is 15.2. The Morgan fingerprint density at radius 1 is 0.839 bits per heavy atom. The highest BCUT2D eigenvalue weighted by molar-refractivity contribution is 5.82. The predicted octanol–water partition coefficient (Wildman–Crippen LogP) is 7.11. The Hall–Kier alpha value is -3.52. The monoisotopic (exact) mass is 407 g/mol. The molecule has 2 heteroatoms. The maximum absolute atomic E-state index is 5.24. The van der Waals surface area contributed by atoms with E-state index >= 15 is 0 Å². The fraction of sp³-hybridized carbons (Fsp3) is 0.172. The van der Waals surface area contributed by atoms with Crippen LogP contribution < -0.4 is 10.1 Å². The Morgan fingerprint density at radius 2 is 1.42 bits per heavy atom. The highest BCUT2D eigenvalue weighted by Gasteiger charge is 2.10. The van der Waals surface area contributed by atoms with E-state index in [1.165, 1.54) is 33.4 Å². The van der Waals surface area contributed by atoms with Crippen molar-refractivity contribution in [3.05, 3.63) is 125 Å². The quantitative estimate of drug-likeness (QED) is 0.470. The van der Waals surface area contributed by atoms with Gasteiger partial charge in [-0.15, -0.1) is 0 Å². The number of hydrogen-bond acceptors (Lipinski definition) is 2. The average Bonchev–Trinajstić information content (AvgIpc) is 2.80. The maximum atomic E-state index is 5.24. The van der Waals surface area contributed by atoms with E-state index in [1.54, 1.807) is 7.11 Å². The van der Waals surface area contributed by atoms with Crippen LogP contribution in [0, 0.1) is 13.8 Å². The summed E-state index contributed by atoms with van der Waals surface area (Å²) in [5, 5.41) is 3.57. The molecule has 31 heavy (non-hydrogen) atoms. The van der Waals surface area contributed by atoms with Gasteiger partial charge >= 0.3 is 0 Å². The summed E-state index contributed by atoms with van der Waals surface area (Å²) in [7, 11) is 1.69. The van der Waals surface area contributed by atoms with E-state index in [0.29, 0.717) is 0 Å². The molecule has 3 aromatic carbocycles. The van der Waals surface area contributed by atoms with Crippen molar-refractivity contribution in [2.75, 3.05) is 12.4 Å². The zero-order valence-corrected chi connectivity index (χ0v) is 18.4. The van der Waals surface area contributed by atoms with E-state index in [1.807, 2.05) is 12.1 Å². The SMILES string of the molecule is COc1ccc(NC2C=CC(C=C(c3ccc(C)cc3)c3ccc(C)cc3)=CC2)cc1. The van der Waals surface area contributed by atoms with Crippen LogP contribution in [0.3, 0.4) is 0 Å². The number of benzene rings is 3. The van der Waals surface area contributed by atoms with Crippen LogP contribution >= 0.6 is 0 Å². The first kappa shape index (κ1) is 20.7. The van der Waals surface area contributed by atoms with Crippen molar-refractivity contribution in [1.29, 1.82) is 0 Å². The molecule has 156 valence electrons. The molecule has 0 amide bonds. The molecule has 0 aliphatic heterocycles. The molecule has 0 fully saturated rings. The zero-order valence-electron chi connectivity index (χ0n) is 18.4. The van der Waals surface area contributed by atoms with Gasteiger partial charge in [0.25, 0.3) is 0 Å². The van der Waals surface area contributed by atoms with E-state index in [-0.39, 0.29) is 6.04 Å². The highest BCUT2D eigenvalue weighted by atomic mass is 16.5. The number of rotatable bonds is 6. The van der Waals surface area contributed by atoms with Crippen molar-refractivity contribution < 1.29 is 4.74 Å². The molecular weight excluding hydrogens is 378 g/mol. The third-order valence-electron chi connectivity index (χ3n) is 5.61. The topological polar surface area (TPSA) is 21.3 Å². The van der Waals surface area contributed by atoms with E-state index in [4.69, 9.17) is 4.74 Å². The molecule has 1 aliphatic carbocycles. The Balaban J connectivity index is 1.54. The summed E-state index contributed by atoms with van der Waals surface area (Å²) < 4.78 is 5.24. The van der Waals surface area contributed by atoms with Gasteiger partial charge in [-0.25, -0.2) is 0 Å². The van der Waals surface area contributed by atoms with Gasteiger partial charge < -0.3 is 10.1 Å². The second kappa shape index (κ2) is 9.53. The Kier molecular flexibility index (Phi) is 6.37. The zero-order chi connectivity index (χ0) is 21.6. The lowest BCUT2D eigenvalue weighted by atomic mass is 9.92. The molecule has 0 radical (unpaired) electrons. The molecular formula is C29H29NO. The van der Waals surface area contributed by atoms with E-state index in [2.05, 4.69) is 104 Å². The van der Waals surface area contributed by atoms with Crippen molar-refractivity contribution in [1.82, 2.24) is 0 Å². The van der Waals surface area contributed by atoms with Gasteiger partial charge in [0.15, 0.2) is 0 Å². The van der Waals surface area contributed by atoms with Crippen LogP contribution in [0.1, 0.15) is 28.7 Å². The second-order valence-corrected chi connectivity index (χ2v) is 8.07. The van der Waals surface area contributed by atoms with Crippen LogP contribution in [-0.4, -0.2) is 13.2 Å². The first-order chi connectivity index (χ1) is 15.1. The fourth-order valence-electron chi connectivity index (χ4n) is 3.72. The van der Waals surface area contributed by atoms with Gasteiger partial charge in [-0.05, 0) is 72.9 Å². The number of ether oxygens (including phenoxy) is 1. The Morgan fingerprint density at radius 3 is 1.90 bits per heavy atom. The molecule has 0 heterocycles. The number of anilines is 1. The first-order valence-corrected chi connectivity index (χ1v) is 10.8. The molecule has 1 aliphatic rings. The Labute approximate surface area is 185 Å². The molecule has 1 N–H and O–H groups in total. The predicted molar refractivity (Wildman–Crippen MR) is 132 cm³/mol. The van der Waals surface area contributed by atoms with Crippen LogP contribution in [0.5, 0.6) is 5.75 Å². The minimum Gasteiger partial charge on any atom is -0.497 e. The molecule has 0 saturated carbocycles. The number of hydrogen-bond donors (Lipinski definition) is 1. The number of methoxy groups -OCH3 is 1. The van der Waals surface area contributed by atoms with Crippen molar-refractivity contribution in [3.63, 3.8) is 0 Å². The third kappa shape index (κ3) is 5.35. The summed E-state index contributed by atoms with van der Waals surface area (Å²) in [6, 6.07) is 25.9. The van der Waals surface area contributed by atoms with E-state index in [9.17, 15) is 0 Å². The lowest BCUT2D eigenvalue weighted by Crippen LogP contribution is -2.17. The molecule has 2 nitrogen and oxygen atoms in total. The summed E-state index contributed by atoms with van der Waals surface area (Å²) in [5.74, 6) is 0.872. The standard InChI is InChI=1S/C29H29NO/c1-21-4-10-24(11-5-21)29(25-12-6-22(2)7-13-25)20-23-8-14-26(15-9-23)30-27-16-18-28(31-3)19-17-27/h4-14,16-20,26,30H,15H2,1-3H3. The number of nitrogens with one attached hydrogen (secondary N) is 1. The van der Waals surface area contributed by atoms with Crippen molar-refractivity contribution in [3.8, 4) is 5.75 Å². The second-order valence-electron chi connectivity index (χ2n) is 8.07. The fourth-order valence-corrected chi connectivity index (χ4v) is 3.72. The molecule has 0 spiro atoms. The molecule has 1 unspecified atom stereocenters. The van der Waals surface area contributed by atoms with Crippen LogP contribution in [0.2, 0.25) is 0 Å². The molecule has 0 aromatic heterocycles. The van der Waals surface area contributed by atoms with Gasteiger partial charge in [-0.2, -0.15) is 0 Å². The first-order valence-electron chi connectivity index (χ1n) is 10.8. The van der Waals surface area contributed by atoms with Gasteiger partial charge in [0.1, 0.15) is 5.75 Å². The summed E-state index contributed by atoms with van der Waals surface area (Å²) in [5.41, 5.74) is 8.61. The minimum absolute atomic E-state index is 0.285. The molecule has 0 bridgehead atoms. The van der Waals surface area contributed by atoms with Crippen LogP contribution in [-0.2, 0) is 0 Å². The molecule has 0 saturated heterocycles. The van der Waals surface area contributed by atoms with Gasteiger partial charge in [0.05, 0.1) is 7.11 Å². The molecule has 3 aromatic rings. The lowest BCUT2D eigenvalue weighted by molar-refractivity contribution is 0.415. The van der Waals surface area contributed by atoms with Gasteiger partial charge in [-0.3, -0.25) is 0 Å². The summed E-state index contributed by atoms with van der Waals surface area (Å²) in [4.78, 5) is 0. The van der Waals surface area contributed by atoms with Gasteiger partial charge in [0, 0.05) is 11.7 Å². The molecule has 1 atom stereocenters. The highest BCUT2D eigenvalue weighted by Crippen LogP contribution is 2.28. The third-order valence-corrected chi connectivity index (χ3v) is 5.61. The van der Waals surface area contributed by atoms with Crippen molar-refractivity contribution >= 4 is 11.3 Å². The maximum Gasteiger partial charge on any atom is 0.119 e. The summed E-state index contributed by atoms with van der Waals surface area (Å²) in [6.07, 6.45) is 10.0. The largest absolute Gasteiger partial charge is 0.497 e. The lowest BCUT2D eigenvalue weighted by Gasteiger charge is -2.19. The van der Waals surface area contributed by atoms with Crippen LogP contribution in [0.4, 0.5) is 5.69 Å². The van der Waals surface area contributed by atoms with E-state index < -0.39 is 0 Å². The van der Waals surface area contributed by atoms with Crippen LogP contribution in [0.15, 0.2) is 103 Å². The van der Waals surface area contributed by atoms with E-state index in [0.717, 1.165) is 17.9 Å². The molecule has 4 rings (SSSR count). The van der Waals surface area contributed by atoms with Crippen LogP contribution in [0.25, 0.3) is 5.57 Å². The van der Waals surface area contributed by atoms with Gasteiger partial charge in [-0.1, -0.05) is 77.9 Å². The van der Waals surface area contributed by atoms with Crippen molar-refractivity contribution in [2.45, 2.75) is 26.3 Å². The number of aryl methyl sites for hydroxylation is 2. The van der Waals surface area contributed by atoms with Crippen molar-refractivity contribution in [2.24, 2.45) is 0 Å². The average molecular weight is 408 g/mol. The smallest absolute Gasteiger partial charge is 0.119 e. The summed E-state index contributed by atoms with van der Waals surface area (Å²) in [6.45, 7) is 4.25.